The van der Waals surface area contributed by atoms with E-state index in [0.29, 0.717) is 16.9 Å². The number of ether oxygens (including phenoxy) is 2. The molecule has 7 heteroatoms. The van der Waals surface area contributed by atoms with E-state index in [1.165, 1.54) is 24.4 Å². The monoisotopic (exact) mass is 460 g/mol. The molecule has 5 rings (SSSR count). The van der Waals surface area contributed by atoms with E-state index in [1.54, 1.807) is 14.1 Å². The molecule has 0 radical (unpaired) electrons. The Balaban J connectivity index is 1.89. The number of pyridine rings is 1. The molecule has 3 aromatic rings. The van der Waals surface area contributed by atoms with Crippen LogP contribution in [-0.4, -0.2) is 53.3 Å². The Bertz CT molecular complexity index is 1230. The van der Waals surface area contributed by atoms with Crippen LogP contribution in [0, 0.1) is 12.8 Å². The van der Waals surface area contributed by atoms with E-state index in [9.17, 15) is 15.0 Å². The molecule has 2 aliphatic rings. The van der Waals surface area contributed by atoms with E-state index >= 15 is 0 Å². The number of hydrogen-bond donors (Lipinski definition) is 2. The Morgan fingerprint density at radius 1 is 1.09 bits per heavy atom. The van der Waals surface area contributed by atoms with Gasteiger partial charge in [-0.15, -0.1) is 0 Å². The van der Waals surface area contributed by atoms with Crippen molar-refractivity contribution in [3.05, 3.63) is 89.2 Å². The molecule has 5 unspecified atom stereocenters. The van der Waals surface area contributed by atoms with Crippen LogP contribution < -0.4 is 9.47 Å². The van der Waals surface area contributed by atoms with Gasteiger partial charge in [0.05, 0.1) is 31.0 Å². The molecule has 2 N–H and O–H groups in total. The van der Waals surface area contributed by atoms with Crippen LogP contribution >= 0.6 is 0 Å². The highest BCUT2D eigenvalue weighted by Gasteiger charge is 2.78. The number of carbonyl (C=O) groups excluding carboxylic acids is 1. The predicted molar refractivity (Wildman–Crippen MR) is 126 cm³/mol. The predicted octanol–water partition coefficient (Wildman–Crippen LogP) is 2.74. The van der Waals surface area contributed by atoms with Gasteiger partial charge >= 0.3 is 0 Å². The summed E-state index contributed by atoms with van der Waals surface area (Å²) in [5.41, 5.74) is -0.722. The average molecular weight is 461 g/mol. The number of hydrogen-bond acceptors (Lipinski definition) is 6. The molecule has 7 nitrogen and oxygen atoms in total. The van der Waals surface area contributed by atoms with Gasteiger partial charge in [0.1, 0.15) is 17.6 Å². The fourth-order valence-electron chi connectivity index (χ4n) is 5.77. The molecule has 1 saturated carbocycles. The Hall–Kier alpha value is -3.42. The number of carbonyl (C=O) groups is 1. The average Bonchev–Trinajstić information content (AvgIpc) is 3.22. The normalized spacial score (nSPS) is 29.2. The van der Waals surface area contributed by atoms with Crippen molar-refractivity contribution in [3.8, 4) is 11.5 Å². The number of aliphatic hydroxyl groups is 2. The van der Waals surface area contributed by atoms with Crippen LogP contribution in [0.2, 0.25) is 0 Å². The largest absolute Gasteiger partial charge is 0.495 e. The Kier molecular flexibility index (Phi) is 5.15. The molecule has 1 aliphatic heterocycles. The fourth-order valence-corrected chi connectivity index (χ4v) is 5.77. The Morgan fingerprint density at radius 3 is 2.38 bits per heavy atom. The molecule has 1 aliphatic carbocycles. The summed E-state index contributed by atoms with van der Waals surface area (Å²) < 4.78 is 12.2. The third kappa shape index (κ3) is 2.77. The van der Waals surface area contributed by atoms with Crippen molar-refractivity contribution in [2.75, 3.05) is 21.2 Å². The molecule has 2 aromatic carbocycles. The van der Waals surface area contributed by atoms with Crippen LogP contribution in [0.4, 0.5) is 0 Å². The summed E-state index contributed by atoms with van der Waals surface area (Å²) in [7, 11) is 4.77. The molecule has 1 fully saturated rings. The highest BCUT2D eigenvalue weighted by molar-refractivity contribution is 5.82. The molecule has 0 bridgehead atoms. The Morgan fingerprint density at radius 2 is 1.76 bits per heavy atom. The van der Waals surface area contributed by atoms with Crippen molar-refractivity contribution in [3.63, 3.8) is 0 Å². The maximum atomic E-state index is 13.6. The highest BCUT2D eigenvalue weighted by atomic mass is 16.5. The molecule has 34 heavy (non-hydrogen) atoms. The smallest absolute Gasteiger partial charge is 0.228 e. The highest BCUT2D eigenvalue weighted by Crippen LogP contribution is 2.69. The van der Waals surface area contributed by atoms with Gasteiger partial charge in [0, 0.05) is 20.0 Å². The number of rotatable bonds is 4. The molecule has 0 saturated heterocycles. The van der Waals surface area contributed by atoms with Crippen molar-refractivity contribution < 1.29 is 24.5 Å². The number of benzene rings is 2. The number of methoxy groups -OCH3 is 1. The van der Waals surface area contributed by atoms with E-state index in [0.717, 1.165) is 11.1 Å². The van der Waals surface area contributed by atoms with E-state index < -0.39 is 29.1 Å². The van der Waals surface area contributed by atoms with Crippen LogP contribution in [-0.2, 0) is 16.0 Å². The first-order valence-corrected chi connectivity index (χ1v) is 11.2. The minimum atomic E-state index is -1.98. The van der Waals surface area contributed by atoms with Crippen molar-refractivity contribution >= 4 is 5.91 Å². The van der Waals surface area contributed by atoms with Gasteiger partial charge in [0.15, 0.2) is 11.2 Å². The summed E-state index contributed by atoms with van der Waals surface area (Å²) in [5.74, 6) is -1.37. The molecule has 5 atom stereocenters. The molecular weight excluding hydrogens is 432 g/mol. The quantitative estimate of drug-likeness (QED) is 0.622. The van der Waals surface area contributed by atoms with Gasteiger partial charge in [-0.2, -0.15) is 0 Å². The maximum Gasteiger partial charge on any atom is 0.228 e. The number of aliphatic hydroxyl groups excluding tert-OH is 1. The lowest BCUT2D eigenvalue weighted by Gasteiger charge is -2.40. The zero-order valence-electron chi connectivity index (χ0n) is 19.6. The van der Waals surface area contributed by atoms with E-state index in [1.807, 2.05) is 61.5 Å². The number of nitrogens with zero attached hydrogens (tertiary/aromatic N) is 2. The first-order chi connectivity index (χ1) is 16.3. The lowest BCUT2D eigenvalue weighted by Crippen LogP contribution is -2.52. The number of aromatic nitrogens is 1. The molecule has 0 spiro atoms. The van der Waals surface area contributed by atoms with Gasteiger partial charge in [0.25, 0.3) is 0 Å². The van der Waals surface area contributed by atoms with Crippen LogP contribution in [0.1, 0.15) is 28.2 Å². The molecule has 2 heterocycles. The lowest BCUT2D eigenvalue weighted by molar-refractivity contribution is -0.156. The Labute approximate surface area is 198 Å². The third-order valence-corrected chi connectivity index (χ3v) is 7.24. The zero-order valence-corrected chi connectivity index (χ0v) is 19.6. The lowest BCUT2D eigenvalue weighted by atomic mass is 9.70. The van der Waals surface area contributed by atoms with Crippen LogP contribution in [0.5, 0.6) is 11.5 Å². The molecule has 176 valence electrons. The molecule has 1 amide bonds. The van der Waals surface area contributed by atoms with Gasteiger partial charge < -0.3 is 24.6 Å². The second-order valence-electron chi connectivity index (χ2n) is 9.28. The first kappa shape index (κ1) is 22.4. The van der Waals surface area contributed by atoms with Crippen LogP contribution in [0.25, 0.3) is 0 Å². The van der Waals surface area contributed by atoms with Gasteiger partial charge in [-0.05, 0) is 18.1 Å². The van der Waals surface area contributed by atoms with E-state index in [4.69, 9.17) is 9.47 Å². The van der Waals surface area contributed by atoms with Gasteiger partial charge in [-0.1, -0.05) is 60.2 Å². The van der Waals surface area contributed by atoms with Crippen molar-refractivity contribution in [2.45, 2.75) is 30.1 Å². The van der Waals surface area contributed by atoms with Crippen molar-refractivity contribution in [1.29, 1.82) is 0 Å². The van der Waals surface area contributed by atoms with Crippen molar-refractivity contribution in [1.82, 2.24) is 9.88 Å². The van der Waals surface area contributed by atoms with Crippen LogP contribution in [0.15, 0.2) is 67.0 Å². The summed E-state index contributed by atoms with van der Waals surface area (Å²) in [6.45, 7) is 1.97. The third-order valence-electron chi connectivity index (χ3n) is 7.24. The second kappa shape index (κ2) is 7.82. The van der Waals surface area contributed by atoms with Gasteiger partial charge in [-0.25, -0.2) is 0 Å². The maximum absolute atomic E-state index is 13.6. The van der Waals surface area contributed by atoms with E-state index in [-0.39, 0.29) is 11.7 Å². The van der Waals surface area contributed by atoms with E-state index in [2.05, 4.69) is 4.98 Å². The number of aryl methyl sites for hydroxylation is 1. The van der Waals surface area contributed by atoms with Crippen molar-refractivity contribution in [2.24, 2.45) is 5.92 Å². The summed E-state index contributed by atoms with van der Waals surface area (Å²) in [6, 6.07) is 17.1. The SMILES string of the molecule is COc1cncc2c1C1(O)C(O)C(C(=O)N(C)C)C(c3ccccc3)C1(c1ccc(C)cc1)O2. The first-order valence-electron chi connectivity index (χ1n) is 11.2. The number of fused-ring (bicyclic) bond motifs is 3. The summed E-state index contributed by atoms with van der Waals surface area (Å²) in [4.78, 5) is 19.2. The zero-order chi connectivity index (χ0) is 24.3. The van der Waals surface area contributed by atoms with Crippen LogP contribution in [0.3, 0.4) is 0 Å². The molecular formula is C27H28N2O5. The second-order valence-corrected chi connectivity index (χ2v) is 9.28. The summed E-state index contributed by atoms with van der Waals surface area (Å²) in [5, 5.41) is 24.5. The standard InChI is InChI=1S/C27H28N2O5/c1-16-10-12-18(13-11-16)27-22(17-8-6-5-7-9-17)21(25(31)29(2)3)24(30)26(27,32)23-19(33-4)14-28-15-20(23)34-27/h5-15,21-22,24,30,32H,1-4H3. The van der Waals surface area contributed by atoms with Gasteiger partial charge in [0.2, 0.25) is 5.91 Å². The fraction of sp³-hybridized carbons (Fsp3) is 0.333. The topological polar surface area (TPSA) is 92.1 Å². The number of amides is 1. The van der Waals surface area contributed by atoms with Gasteiger partial charge in [-0.3, -0.25) is 9.78 Å². The summed E-state index contributed by atoms with van der Waals surface area (Å²) >= 11 is 0. The minimum Gasteiger partial charge on any atom is -0.495 e. The molecule has 1 aromatic heterocycles. The summed E-state index contributed by atoms with van der Waals surface area (Å²) in [6.07, 6.45) is 1.52. The minimum absolute atomic E-state index is 0.290.